The molecule has 1 heterocycles. The third kappa shape index (κ3) is 3.32. The Bertz CT molecular complexity index is 436. The summed E-state index contributed by atoms with van der Waals surface area (Å²) in [7, 11) is 0. The number of benzene rings is 1. The second-order valence-electron chi connectivity index (χ2n) is 5.00. The van der Waals surface area contributed by atoms with E-state index in [1.807, 2.05) is 12.1 Å². The minimum atomic E-state index is 0.310. The lowest BCUT2D eigenvalue weighted by atomic mass is 9.88. The standard InChI is InChI=1S/C14H21ClN2O2/c1-9(11(7-16)8-17)4-10-5-13-14(6-12(10)15)19-3-2-18-13/h5-6,9,11H,2-4,7-8,16-17H2,1H3. The fourth-order valence-electron chi connectivity index (χ4n) is 2.34. The van der Waals surface area contributed by atoms with Gasteiger partial charge in [-0.2, -0.15) is 0 Å². The number of rotatable bonds is 5. The normalized spacial score (nSPS) is 15.6. The molecule has 0 spiro atoms. The minimum Gasteiger partial charge on any atom is -0.486 e. The van der Waals surface area contributed by atoms with Crippen molar-refractivity contribution in [2.75, 3.05) is 26.3 Å². The Morgan fingerprint density at radius 2 is 1.74 bits per heavy atom. The molecule has 1 aliphatic rings. The zero-order valence-electron chi connectivity index (χ0n) is 11.2. The molecule has 0 saturated carbocycles. The molecule has 1 unspecified atom stereocenters. The van der Waals surface area contributed by atoms with E-state index in [9.17, 15) is 0 Å². The van der Waals surface area contributed by atoms with Crippen molar-refractivity contribution < 1.29 is 9.47 Å². The van der Waals surface area contributed by atoms with E-state index in [1.54, 1.807) is 0 Å². The van der Waals surface area contributed by atoms with Crippen LogP contribution in [0.2, 0.25) is 5.02 Å². The van der Waals surface area contributed by atoms with Gasteiger partial charge >= 0.3 is 0 Å². The van der Waals surface area contributed by atoms with Gasteiger partial charge in [-0.05, 0) is 43.0 Å². The quantitative estimate of drug-likeness (QED) is 0.865. The lowest BCUT2D eigenvalue weighted by Crippen LogP contribution is -2.30. The summed E-state index contributed by atoms with van der Waals surface area (Å²) in [4.78, 5) is 0. The molecule has 0 radical (unpaired) electrons. The fraction of sp³-hybridized carbons (Fsp3) is 0.571. The molecule has 1 aromatic rings. The topological polar surface area (TPSA) is 70.5 Å². The van der Waals surface area contributed by atoms with Gasteiger partial charge in [0.15, 0.2) is 11.5 Å². The number of nitrogens with two attached hydrogens (primary N) is 2. The van der Waals surface area contributed by atoms with E-state index in [4.69, 9.17) is 32.5 Å². The molecule has 0 saturated heterocycles. The summed E-state index contributed by atoms with van der Waals surface area (Å²) in [6.45, 7) is 4.50. The second-order valence-corrected chi connectivity index (χ2v) is 5.41. The van der Waals surface area contributed by atoms with Crippen LogP contribution < -0.4 is 20.9 Å². The summed E-state index contributed by atoms with van der Waals surface area (Å²) >= 11 is 6.30. The SMILES string of the molecule is CC(Cc1cc2c(cc1Cl)OCCO2)C(CN)CN. The Hall–Kier alpha value is -0.970. The first kappa shape index (κ1) is 14.4. The van der Waals surface area contributed by atoms with Gasteiger partial charge in [0.25, 0.3) is 0 Å². The molecule has 1 aliphatic heterocycles. The average molecular weight is 285 g/mol. The van der Waals surface area contributed by atoms with E-state index >= 15 is 0 Å². The first-order valence-corrected chi connectivity index (χ1v) is 7.01. The van der Waals surface area contributed by atoms with E-state index in [1.165, 1.54) is 0 Å². The third-order valence-electron chi connectivity index (χ3n) is 3.66. The van der Waals surface area contributed by atoms with Crippen LogP contribution in [-0.4, -0.2) is 26.3 Å². The molecule has 4 nitrogen and oxygen atoms in total. The zero-order chi connectivity index (χ0) is 13.8. The highest BCUT2D eigenvalue weighted by atomic mass is 35.5. The molecule has 5 heteroatoms. The average Bonchev–Trinajstić information content (AvgIpc) is 2.41. The number of ether oxygens (including phenoxy) is 2. The molecule has 4 N–H and O–H groups in total. The van der Waals surface area contributed by atoms with Gasteiger partial charge in [-0.3, -0.25) is 0 Å². The maximum absolute atomic E-state index is 6.30. The summed E-state index contributed by atoms with van der Waals surface area (Å²) in [6.07, 6.45) is 0.842. The van der Waals surface area contributed by atoms with Crippen molar-refractivity contribution in [3.05, 3.63) is 22.7 Å². The van der Waals surface area contributed by atoms with Gasteiger partial charge in [0, 0.05) is 11.1 Å². The van der Waals surface area contributed by atoms with Crippen LogP contribution in [0.1, 0.15) is 12.5 Å². The highest BCUT2D eigenvalue weighted by molar-refractivity contribution is 6.31. The molecule has 0 aliphatic carbocycles. The van der Waals surface area contributed by atoms with Crippen molar-refractivity contribution in [1.29, 1.82) is 0 Å². The van der Waals surface area contributed by atoms with Crippen molar-refractivity contribution in [3.8, 4) is 11.5 Å². The van der Waals surface area contributed by atoms with Crippen LogP contribution in [0.3, 0.4) is 0 Å². The van der Waals surface area contributed by atoms with Crippen molar-refractivity contribution in [3.63, 3.8) is 0 Å². The van der Waals surface area contributed by atoms with Crippen LogP contribution in [0.5, 0.6) is 11.5 Å². The first-order chi connectivity index (χ1) is 9.15. The highest BCUT2D eigenvalue weighted by Gasteiger charge is 2.19. The lowest BCUT2D eigenvalue weighted by molar-refractivity contribution is 0.171. The fourth-order valence-corrected chi connectivity index (χ4v) is 2.57. The summed E-state index contributed by atoms with van der Waals surface area (Å²) < 4.78 is 11.1. The number of fused-ring (bicyclic) bond motifs is 1. The zero-order valence-corrected chi connectivity index (χ0v) is 12.0. The van der Waals surface area contributed by atoms with Gasteiger partial charge < -0.3 is 20.9 Å². The van der Waals surface area contributed by atoms with Crippen LogP contribution in [0, 0.1) is 11.8 Å². The van der Waals surface area contributed by atoms with Crippen LogP contribution >= 0.6 is 11.6 Å². The van der Waals surface area contributed by atoms with Crippen LogP contribution in [0.4, 0.5) is 0 Å². The minimum absolute atomic E-state index is 0.310. The van der Waals surface area contributed by atoms with Crippen LogP contribution in [0.15, 0.2) is 12.1 Å². The van der Waals surface area contributed by atoms with E-state index < -0.39 is 0 Å². The second kappa shape index (κ2) is 6.46. The number of hydrogen-bond acceptors (Lipinski definition) is 4. The molecule has 1 aromatic carbocycles. The van der Waals surface area contributed by atoms with Gasteiger partial charge in [-0.1, -0.05) is 18.5 Å². The Morgan fingerprint density at radius 3 is 2.32 bits per heavy atom. The number of hydrogen-bond donors (Lipinski definition) is 2. The Balaban J connectivity index is 2.16. The van der Waals surface area contributed by atoms with Gasteiger partial charge in [-0.15, -0.1) is 0 Å². The summed E-state index contributed by atoms with van der Waals surface area (Å²) in [6, 6.07) is 3.80. The first-order valence-electron chi connectivity index (χ1n) is 6.63. The Kier molecular flexibility index (Phi) is 4.91. The third-order valence-corrected chi connectivity index (χ3v) is 4.02. The van der Waals surface area contributed by atoms with Gasteiger partial charge in [0.1, 0.15) is 13.2 Å². The molecule has 1 atom stereocenters. The van der Waals surface area contributed by atoms with E-state index in [0.717, 1.165) is 23.5 Å². The van der Waals surface area contributed by atoms with Crippen molar-refractivity contribution in [2.24, 2.45) is 23.3 Å². The summed E-state index contributed by atoms with van der Waals surface area (Å²) in [5.41, 5.74) is 12.5. The van der Waals surface area contributed by atoms with Gasteiger partial charge in [0.05, 0.1) is 0 Å². The molecule has 0 bridgehead atoms. The molecular formula is C14H21ClN2O2. The van der Waals surface area contributed by atoms with Crippen LogP contribution in [0.25, 0.3) is 0 Å². The van der Waals surface area contributed by atoms with E-state index in [0.29, 0.717) is 43.2 Å². The Labute approximate surface area is 119 Å². The lowest BCUT2D eigenvalue weighted by Gasteiger charge is -2.23. The molecular weight excluding hydrogens is 264 g/mol. The predicted molar refractivity (Wildman–Crippen MR) is 76.9 cm³/mol. The molecule has 2 rings (SSSR count). The van der Waals surface area contributed by atoms with E-state index in [-0.39, 0.29) is 0 Å². The van der Waals surface area contributed by atoms with Gasteiger partial charge in [0.2, 0.25) is 0 Å². The summed E-state index contributed by atoms with van der Waals surface area (Å²) in [5.74, 6) is 2.19. The van der Waals surface area contributed by atoms with E-state index in [2.05, 4.69) is 6.92 Å². The van der Waals surface area contributed by atoms with Gasteiger partial charge in [-0.25, -0.2) is 0 Å². The molecule has 19 heavy (non-hydrogen) atoms. The van der Waals surface area contributed by atoms with Crippen molar-refractivity contribution in [1.82, 2.24) is 0 Å². The molecule has 0 amide bonds. The maximum atomic E-state index is 6.30. The Morgan fingerprint density at radius 1 is 1.16 bits per heavy atom. The van der Waals surface area contributed by atoms with Crippen LogP contribution in [-0.2, 0) is 6.42 Å². The van der Waals surface area contributed by atoms with Crippen molar-refractivity contribution >= 4 is 11.6 Å². The molecule has 0 fully saturated rings. The van der Waals surface area contributed by atoms with Crippen molar-refractivity contribution in [2.45, 2.75) is 13.3 Å². The maximum Gasteiger partial charge on any atom is 0.162 e. The smallest absolute Gasteiger partial charge is 0.162 e. The molecule has 0 aromatic heterocycles. The summed E-state index contributed by atoms with van der Waals surface area (Å²) in [5, 5.41) is 0.712. The largest absolute Gasteiger partial charge is 0.486 e. The highest BCUT2D eigenvalue weighted by Crippen LogP contribution is 2.36. The monoisotopic (exact) mass is 284 g/mol. The predicted octanol–water partition coefficient (Wildman–Crippen LogP) is 1.82. The number of halogens is 1. The molecule has 106 valence electrons.